The molecule has 158 valence electrons. The first-order valence-corrected chi connectivity index (χ1v) is 13.1. The van der Waals surface area contributed by atoms with Gasteiger partial charge < -0.3 is 5.11 Å². The summed E-state index contributed by atoms with van der Waals surface area (Å²) in [4.78, 5) is 0.419. The SMILES string of the molecule is Cc1ccc(S(=O)(=O)CC2(CS(=O)(=O)c3ccc(C)cc3)CCC(O)CC2)cc1. The molecule has 1 aliphatic rings. The molecular weight excluding hydrogens is 408 g/mol. The number of rotatable bonds is 6. The second kappa shape index (κ2) is 8.20. The van der Waals surface area contributed by atoms with Crippen LogP contribution in [-0.2, 0) is 19.7 Å². The van der Waals surface area contributed by atoms with Crippen molar-refractivity contribution in [1.29, 1.82) is 0 Å². The van der Waals surface area contributed by atoms with E-state index >= 15 is 0 Å². The van der Waals surface area contributed by atoms with Crippen molar-refractivity contribution in [3.05, 3.63) is 59.7 Å². The molecule has 7 heteroatoms. The van der Waals surface area contributed by atoms with Gasteiger partial charge in [-0.25, -0.2) is 16.8 Å². The van der Waals surface area contributed by atoms with Gasteiger partial charge in [0, 0.05) is 0 Å². The minimum absolute atomic E-state index is 0.210. The lowest BCUT2D eigenvalue weighted by Gasteiger charge is -2.38. The van der Waals surface area contributed by atoms with Gasteiger partial charge in [-0.3, -0.25) is 0 Å². The number of aliphatic hydroxyl groups is 1. The molecule has 0 atom stereocenters. The first-order chi connectivity index (χ1) is 13.5. The molecule has 2 aromatic carbocycles. The predicted molar refractivity (Wildman–Crippen MR) is 113 cm³/mol. The van der Waals surface area contributed by atoms with Crippen molar-refractivity contribution in [3.8, 4) is 0 Å². The van der Waals surface area contributed by atoms with Crippen LogP contribution in [0.3, 0.4) is 0 Å². The Bertz CT molecular complexity index is 966. The summed E-state index contributed by atoms with van der Waals surface area (Å²) in [6, 6.07) is 13.3. The zero-order valence-electron chi connectivity index (χ0n) is 16.8. The summed E-state index contributed by atoms with van der Waals surface area (Å²) in [5.74, 6) is -0.470. The van der Waals surface area contributed by atoms with Crippen LogP contribution in [0, 0.1) is 19.3 Å². The summed E-state index contributed by atoms with van der Waals surface area (Å²) in [6.07, 6.45) is 1.04. The Morgan fingerprint density at radius 3 is 1.45 bits per heavy atom. The smallest absolute Gasteiger partial charge is 0.178 e. The van der Waals surface area contributed by atoms with Crippen LogP contribution in [0.15, 0.2) is 58.3 Å². The molecule has 0 aliphatic heterocycles. The standard InChI is InChI=1S/C22H28O5S2/c1-17-3-7-20(8-4-17)28(24,25)15-22(13-11-19(23)12-14-22)16-29(26,27)21-9-5-18(2)6-10-21/h3-10,19,23H,11-16H2,1-2H3. The van der Waals surface area contributed by atoms with Crippen LogP contribution in [0.2, 0.25) is 0 Å². The van der Waals surface area contributed by atoms with Gasteiger partial charge >= 0.3 is 0 Å². The van der Waals surface area contributed by atoms with Crippen molar-refractivity contribution in [2.45, 2.75) is 55.4 Å². The van der Waals surface area contributed by atoms with E-state index in [1.165, 1.54) is 0 Å². The fraction of sp³-hybridized carbons (Fsp3) is 0.455. The highest BCUT2D eigenvalue weighted by Gasteiger charge is 2.43. The molecule has 3 rings (SSSR count). The molecular formula is C22H28O5S2. The Balaban J connectivity index is 1.93. The molecule has 1 N–H and O–H groups in total. The molecule has 0 heterocycles. The van der Waals surface area contributed by atoms with Crippen molar-refractivity contribution >= 4 is 19.7 Å². The predicted octanol–water partition coefficient (Wildman–Crippen LogP) is 3.47. The minimum Gasteiger partial charge on any atom is -0.393 e. The van der Waals surface area contributed by atoms with Crippen LogP contribution in [0.1, 0.15) is 36.8 Å². The van der Waals surface area contributed by atoms with E-state index < -0.39 is 31.2 Å². The van der Waals surface area contributed by atoms with Gasteiger partial charge in [-0.2, -0.15) is 0 Å². The third-order valence-corrected chi connectivity index (χ3v) is 9.73. The Hall–Kier alpha value is -1.70. The first kappa shape index (κ1) is 22.0. The average Bonchev–Trinajstić information content (AvgIpc) is 2.64. The molecule has 0 radical (unpaired) electrons. The third kappa shape index (κ3) is 5.27. The summed E-state index contributed by atoms with van der Waals surface area (Å²) < 4.78 is 52.4. The van der Waals surface area contributed by atoms with E-state index in [9.17, 15) is 21.9 Å². The Kier molecular flexibility index (Phi) is 6.22. The lowest BCUT2D eigenvalue weighted by Crippen LogP contribution is -2.41. The van der Waals surface area contributed by atoms with E-state index in [-0.39, 0.29) is 21.3 Å². The van der Waals surface area contributed by atoms with Crippen molar-refractivity contribution < 1.29 is 21.9 Å². The van der Waals surface area contributed by atoms with Gasteiger partial charge in [-0.1, -0.05) is 35.4 Å². The highest BCUT2D eigenvalue weighted by molar-refractivity contribution is 7.92. The summed E-state index contributed by atoms with van der Waals surface area (Å²) in [5.41, 5.74) is 1.01. The van der Waals surface area contributed by atoms with E-state index in [1.807, 2.05) is 13.8 Å². The van der Waals surface area contributed by atoms with Crippen LogP contribution in [0.4, 0.5) is 0 Å². The molecule has 0 unspecified atom stereocenters. The van der Waals surface area contributed by atoms with E-state index in [1.54, 1.807) is 48.5 Å². The average molecular weight is 437 g/mol. The zero-order valence-corrected chi connectivity index (χ0v) is 18.5. The fourth-order valence-corrected chi connectivity index (χ4v) is 7.97. The normalized spacial score (nSPS) is 17.9. The number of hydrogen-bond acceptors (Lipinski definition) is 5. The summed E-state index contributed by atoms with van der Waals surface area (Å²) >= 11 is 0. The van der Waals surface area contributed by atoms with Gasteiger partial charge in [0.25, 0.3) is 0 Å². The first-order valence-electron chi connectivity index (χ1n) is 9.78. The topological polar surface area (TPSA) is 88.5 Å². The summed E-state index contributed by atoms with van der Waals surface area (Å²) in [7, 11) is -7.32. The molecule has 1 aliphatic carbocycles. The summed E-state index contributed by atoms with van der Waals surface area (Å²) in [5, 5.41) is 9.93. The van der Waals surface area contributed by atoms with Crippen molar-refractivity contribution in [1.82, 2.24) is 0 Å². The zero-order chi connectivity index (χ0) is 21.3. The third-order valence-electron chi connectivity index (χ3n) is 5.77. The maximum atomic E-state index is 13.1. The Labute approximate surface area is 173 Å². The van der Waals surface area contributed by atoms with Crippen molar-refractivity contribution in [2.24, 2.45) is 5.41 Å². The number of hydrogen-bond donors (Lipinski definition) is 1. The maximum Gasteiger partial charge on any atom is 0.178 e. The molecule has 1 saturated carbocycles. The van der Waals surface area contributed by atoms with Gasteiger partial charge in [-0.05, 0) is 69.2 Å². The molecule has 0 aromatic heterocycles. The molecule has 29 heavy (non-hydrogen) atoms. The highest BCUT2D eigenvalue weighted by Crippen LogP contribution is 2.41. The minimum atomic E-state index is -3.66. The van der Waals surface area contributed by atoms with E-state index in [2.05, 4.69) is 0 Å². The van der Waals surface area contributed by atoms with Gasteiger partial charge in [-0.15, -0.1) is 0 Å². The summed E-state index contributed by atoms with van der Waals surface area (Å²) in [6.45, 7) is 3.77. The molecule has 0 spiro atoms. The van der Waals surface area contributed by atoms with Crippen LogP contribution in [0.5, 0.6) is 0 Å². The van der Waals surface area contributed by atoms with E-state index in [0.717, 1.165) is 11.1 Å². The van der Waals surface area contributed by atoms with Crippen LogP contribution < -0.4 is 0 Å². The van der Waals surface area contributed by atoms with Crippen LogP contribution in [-0.4, -0.2) is 39.6 Å². The molecule has 0 bridgehead atoms. The van der Waals surface area contributed by atoms with Crippen LogP contribution in [0.25, 0.3) is 0 Å². The second-order valence-electron chi connectivity index (χ2n) is 8.38. The number of aliphatic hydroxyl groups excluding tert-OH is 1. The fourth-order valence-electron chi connectivity index (χ4n) is 4.01. The Morgan fingerprint density at radius 1 is 0.759 bits per heavy atom. The number of benzene rings is 2. The molecule has 1 fully saturated rings. The maximum absolute atomic E-state index is 13.1. The molecule has 2 aromatic rings. The molecule has 0 amide bonds. The van der Waals surface area contributed by atoms with E-state index in [4.69, 9.17) is 0 Å². The van der Waals surface area contributed by atoms with Gasteiger partial charge in [0.2, 0.25) is 0 Å². The van der Waals surface area contributed by atoms with Gasteiger partial charge in [0.1, 0.15) is 0 Å². The Morgan fingerprint density at radius 2 is 1.10 bits per heavy atom. The number of aryl methyl sites for hydroxylation is 2. The second-order valence-corrected chi connectivity index (χ2v) is 12.4. The molecule has 5 nitrogen and oxygen atoms in total. The largest absolute Gasteiger partial charge is 0.393 e. The van der Waals surface area contributed by atoms with Crippen LogP contribution >= 0.6 is 0 Å². The highest BCUT2D eigenvalue weighted by atomic mass is 32.2. The monoisotopic (exact) mass is 436 g/mol. The van der Waals surface area contributed by atoms with Crippen molar-refractivity contribution in [3.63, 3.8) is 0 Å². The number of sulfone groups is 2. The lowest BCUT2D eigenvalue weighted by molar-refractivity contribution is 0.0824. The van der Waals surface area contributed by atoms with Crippen molar-refractivity contribution in [2.75, 3.05) is 11.5 Å². The lowest BCUT2D eigenvalue weighted by atomic mass is 9.76. The quantitative estimate of drug-likeness (QED) is 0.749. The van der Waals surface area contributed by atoms with Gasteiger partial charge in [0.15, 0.2) is 19.7 Å². The molecule has 0 saturated heterocycles. The van der Waals surface area contributed by atoms with E-state index in [0.29, 0.717) is 25.7 Å². The van der Waals surface area contributed by atoms with Gasteiger partial charge in [0.05, 0.1) is 27.4 Å².